The zero-order valence-corrected chi connectivity index (χ0v) is 10.4. The fourth-order valence-corrected chi connectivity index (χ4v) is 2.39. The molecule has 2 rings (SSSR count). The van der Waals surface area contributed by atoms with Crippen LogP contribution in [-0.4, -0.2) is 18.4 Å². The van der Waals surface area contributed by atoms with E-state index in [9.17, 15) is 4.39 Å². The van der Waals surface area contributed by atoms with Gasteiger partial charge < -0.3 is 10.5 Å². The number of nitrogens with one attached hydrogen (secondary N) is 1. The fourth-order valence-electron chi connectivity index (χ4n) is 2.39. The summed E-state index contributed by atoms with van der Waals surface area (Å²) in [5.41, 5.74) is 3.91. The largest absolute Gasteiger partial charge is 0.320 e. The Balaban J connectivity index is 0.000000686. The molecule has 1 aliphatic rings. The summed E-state index contributed by atoms with van der Waals surface area (Å²) in [4.78, 5) is 0. The van der Waals surface area contributed by atoms with Crippen LogP contribution in [0.1, 0.15) is 42.5 Å². The highest BCUT2D eigenvalue weighted by molar-refractivity contribution is 5.40. The van der Waals surface area contributed by atoms with Gasteiger partial charge in [-0.3, -0.25) is 4.39 Å². The van der Waals surface area contributed by atoms with Crippen LogP contribution in [0.25, 0.3) is 0 Å². The predicted molar refractivity (Wildman–Crippen MR) is 66.9 cm³/mol. The first-order valence-corrected chi connectivity index (χ1v) is 5.91. The Kier molecular flexibility index (Phi) is 5.55. The zero-order valence-electron chi connectivity index (χ0n) is 10.4. The number of benzene rings is 1. The Labute approximate surface area is 102 Å². The molecule has 0 fully saturated rings. The lowest BCUT2D eigenvalue weighted by molar-refractivity contribution is 0.311. The van der Waals surface area contributed by atoms with Gasteiger partial charge in [-0.1, -0.05) is 25.1 Å². The van der Waals surface area contributed by atoms with E-state index in [2.05, 4.69) is 30.3 Å². The summed E-state index contributed by atoms with van der Waals surface area (Å²) in [5.74, 6) is 3.53. The van der Waals surface area contributed by atoms with Crippen LogP contribution in [-0.2, 0) is 6.42 Å². The number of rotatable bonds is 2. The molecule has 1 heterocycles. The van der Waals surface area contributed by atoms with Crippen molar-refractivity contribution in [2.24, 2.45) is 5.90 Å². The van der Waals surface area contributed by atoms with Gasteiger partial charge in [-0.05, 0) is 36.6 Å². The Morgan fingerprint density at radius 1 is 1.53 bits per heavy atom. The fraction of sp³-hybridized carbons (Fsp3) is 0.538. The molecule has 0 aromatic heterocycles. The first-order valence-electron chi connectivity index (χ1n) is 5.91. The van der Waals surface area contributed by atoms with Crippen molar-refractivity contribution in [2.45, 2.75) is 32.2 Å². The van der Waals surface area contributed by atoms with Crippen molar-refractivity contribution in [3.8, 4) is 0 Å². The molecule has 96 valence electrons. The van der Waals surface area contributed by atoms with Gasteiger partial charge in [-0.15, -0.1) is 0 Å². The second kappa shape index (κ2) is 6.69. The van der Waals surface area contributed by atoms with E-state index in [-0.39, 0.29) is 12.6 Å². The van der Waals surface area contributed by atoms with E-state index in [1.54, 1.807) is 0 Å². The van der Waals surface area contributed by atoms with Crippen molar-refractivity contribution >= 4 is 0 Å². The van der Waals surface area contributed by atoms with Crippen molar-refractivity contribution in [1.82, 2.24) is 5.32 Å². The van der Waals surface area contributed by atoms with E-state index in [1.807, 2.05) is 13.0 Å². The molecule has 3 nitrogen and oxygen atoms in total. The van der Waals surface area contributed by atoms with Gasteiger partial charge in [-0.25, -0.2) is 5.90 Å². The molecular weight excluding hydrogens is 219 g/mol. The van der Waals surface area contributed by atoms with E-state index in [0.717, 1.165) is 13.0 Å². The van der Waals surface area contributed by atoms with Gasteiger partial charge in [0.2, 0.25) is 0 Å². The molecule has 1 aromatic rings. The van der Waals surface area contributed by atoms with Crippen molar-refractivity contribution in [3.63, 3.8) is 0 Å². The average molecular weight is 240 g/mol. The lowest BCUT2D eigenvalue weighted by Crippen LogP contribution is -2.28. The molecule has 1 aromatic carbocycles. The van der Waals surface area contributed by atoms with E-state index >= 15 is 0 Å². The smallest absolute Gasteiger partial charge is 0.0960 e. The Morgan fingerprint density at radius 2 is 2.24 bits per heavy atom. The molecule has 17 heavy (non-hydrogen) atoms. The van der Waals surface area contributed by atoms with Crippen LogP contribution in [0.2, 0.25) is 0 Å². The molecule has 0 saturated heterocycles. The van der Waals surface area contributed by atoms with E-state index in [1.165, 1.54) is 16.7 Å². The zero-order chi connectivity index (χ0) is 12.8. The van der Waals surface area contributed by atoms with E-state index < -0.39 is 0 Å². The van der Waals surface area contributed by atoms with Gasteiger partial charge in [0.05, 0.1) is 6.67 Å². The molecule has 0 radical (unpaired) electrons. The molecule has 1 aliphatic heterocycles. The number of hydrogen-bond donors (Lipinski definition) is 3. The molecule has 0 saturated carbocycles. The normalized spacial score (nSPS) is 19.9. The minimum absolute atomic E-state index is 0.0326. The summed E-state index contributed by atoms with van der Waals surface area (Å²) in [6.07, 6.45) is 1.03. The lowest BCUT2D eigenvalue weighted by Gasteiger charge is -2.27. The molecule has 2 atom stereocenters. The van der Waals surface area contributed by atoms with Crippen LogP contribution in [0.4, 0.5) is 4.39 Å². The first-order chi connectivity index (χ1) is 8.24. The predicted octanol–water partition coefficient (Wildman–Crippen LogP) is 2.30. The maximum absolute atomic E-state index is 12.7. The molecule has 4 N–H and O–H groups in total. The quantitative estimate of drug-likeness (QED) is 0.695. The third-order valence-corrected chi connectivity index (χ3v) is 3.30. The van der Waals surface area contributed by atoms with Gasteiger partial charge in [0.25, 0.3) is 0 Å². The van der Waals surface area contributed by atoms with Gasteiger partial charge in [0, 0.05) is 12.0 Å². The van der Waals surface area contributed by atoms with Gasteiger partial charge >= 0.3 is 0 Å². The topological polar surface area (TPSA) is 58.3 Å². The second-order valence-corrected chi connectivity index (χ2v) is 4.40. The van der Waals surface area contributed by atoms with Gasteiger partial charge in [0.15, 0.2) is 0 Å². The van der Waals surface area contributed by atoms with Crippen LogP contribution in [0.5, 0.6) is 0 Å². The molecule has 0 bridgehead atoms. The monoisotopic (exact) mass is 240 g/mol. The van der Waals surface area contributed by atoms with Gasteiger partial charge in [0.1, 0.15) is 0 Å². The first kappa shape index (κ1) is 14.1. The number of alkyl halides is 1. The minimum atomic E-state index is -0.266. The highest BCUT2D eigenvalue weighted by atomic mass is 19.1. The molecule has 4 heteroatoms. The third-order valence-electron chi connectivity index (χ3n) is 3.30. The summed E-state index contributed by atoms with van der Waals surface area (Å²) in [5, 5.41) is 9.93. The number of nitrogens with two attached hydrogens (primary N) is 1. The SMILES string of the molecule is CC(CF)c1cccc2c1CCNC2C.NO. The second-order valence-electron chi connectivity index (χ2n) is 4.40. The van der Waals surface area contributed by atoms with Crippen LogP contribution < -0.4 is 11.2 Å². The van der Waals surface area contributed by atoms with Crippen LogP contribution in [0, 0.1) is 0 Å². The molecule has 0 spiro atoms. The third kappa shape index (κ3) is 3.03. The van der Waals surface area contributed by atoms with Crippen molar-refractivity contribution in [3.05, 3.63) is 34.9 Å². The summed E-state index contributed by atoms with van der Waals surface area (Å²) in [6, 6.07) is 6.67. The number of fused-ring (bicyclic) bond motifs is 1. The summed E-state index contributed by atoms with van der Waals surface area (Å²) >= 11 is 0. The lowest BCUT2D eigenvalue weighted by atomic mass is 9.86. The van der Waals surface area contributed by atoms with Crippen LogP contribution in [0.15, 0.2) is 18.2 Å². The molecule has 0 aliphatic carbocycles. The highest BCUT2D eigenvalue weighted by Gasteiger charge is 2.20. The Bertz CT molecular complexity index is 357. The van der Waals surface area contributed by atoms with E-state index in [0.29, 0.717) is 6.04 Å². The van der Waals surface area contributed by atoms with E-state index in [4.69, 9.17) is 5.21 Å². The van der Waals surface area contributed by atoms with Crippen LogP contribution in [0.3, 0.4) is 0 Å². The number of hydrogen-bond acceptors (Lipinski definition) is 3. The van der Waals surface area contributed by atoms with Crippen molar-refractivity contribution in [1.29, 1.82) is 0 Å². The van der Waals surface area contributed by atoms with Gasteiger partial charge in [-0.2, -0.15) is 0 Å². The number of halogens is 1. The molecule has 0 amide bonds. The summed E-state index contributed by atoms with van der Waals surface area (Å²) in [7, 11) is 0. The maximum atomic E-state index is 12.7. The standard InChI is InChI=1S/C13H18FN.H3NO/c1-9(8-14)11-4-3-5-12-10(2)15-7-6-13(11)12;1-2/h3-5,9-10,15H,6-8H2,1-2H3;2H,1H2. The maximum Gasteiger partial charge on any atom is 0.0960 e. The van der Waals surface area contributed by atoms with Crippen molar-refractivity contribution in [2.75, 3.05) is 13.2 Å². The summed E-state index contributed by atoms with van der Waals surface area (Å²) < 4.78 is 12.7. The van der Waals surface area contributed by atoms with Crippen LogP contribution >= 0.6 is 0 Å². The van der Waals surface area contributed by atoms with Crippen molar-refractivity contribution < 1.29 is 9.60 Å². The Morgan fingerprint density at radius 3 is 2.88 bits per heavy atom. The Hall–Kier alpha value is -0.970. The summed E-state index contributed by atoms with van der Waals surface area (Å²) in [6.45, 7) is 4.87. The molecule has 2 unspecified atom stereocenters. The minimum Gasteiger partial charge on any atom is -0.320 e. The average Bonchev–Trinajstić information content (AvgIpc) is 2.40. The highest BCUT2D eigenvalue weighted by Crippen LogP contribution is 2.29. The molecular formula is C13H21FN2O.